The Kier molecular flexibility index (Phi) is 8.21. The summed E-state index contributed by atoms with van der Waals surface area (Å²) in [4.78, 5) is 31.5. The Morgan fingerprint density at radius 1 is 1.23 bits per heavy atom. The number of benzene rings is 1. The summed E-state index contributed by atoms with van der Waals surface area (Å²) in [5.41, 5.74) is 2.28. The van der Waals surface area contributed by atoms with Gasteiger partial charge in [-0.15, -0.1) is 5.10 Å². The molecule has 3 aromatic heterocycles. The number of aliphatic hydroxyl groups is 1. The predicted molar refractivity (Wildman–Crippen MR) is 147 cm³/mol. The van der Waals surface area contributed by atoms with Crippen LogP contribution in [0.2, 0.25) is 0 Å². The normalized spacial score (nSPS) is 12.5. The standard InChI is InChI=1S/C26H34N8O6/c1-8-39-24(36)17-12-27-34-21(32(6)25(37)40-26(3,4)5)11-20(29-23(17)34)28-18-9-16(14-38-13-15(2)35)10-19-22(18)30-31-33(19)7/h9-12,15,35H,8,13-14H2,1-7H3,(H,28,29)/t15-/m1/s1. The summed E-state index contributed by atoms with van der Waals surface area (Å²) in [5, 5.41) is 25.5. The summed E-state index contributed by atoms with van der Waals surface area (Å²) in [5.74, 6) is 0.00339. The second-order valence-corrected chi connectivity index (χ2v) is 10.3. The molecule has 0 bridgehead atoms. The molecule has 0 saturated carbocycles. The third kappa shape index (κ3) is 6.29. The van der Waals surface area contributed by atoms with Crippen molar-refractivity contribution >= 4 is 46.1 Å². The molecule has 0 aliphatic carbocycles. The summed E-state index contributed by atoms with van der Waals surface area (Å²) in [6, 6.07) is 5.35. The van der Waals surface area contributed by atoms with Crippen LogP contribution in [0.4, 0.5) is 22.1 Å². The van der Waals surface area contributed by atoms with E-state index in [0.717, 1.165) is 11.1 Å². The lowest BCUT2D eigenvalue weighted by atomic mass is 10.1. The molecular formula is C26H34N8O6. The van der Waals surface area contributed by atoms with Crippen LogP contribution in [0, 0.1) is 0 Å². The summed E-state index contributed by atoms with van der Waals surface area (Å²) in [6.45, 7) is 9.26. The molecule has 1 atom stereocenters. The molecule has 0 spiro atoms. The van der Waals surface area contributed by atoms with Gasteiger partial charge in [-0.25, -0.2) is 19.3 Å². The summed E-state index contributed by atoms with van der Waals surface area (Å²) in [7, 11) is 3.31. The Morgan fingerprint density at radius 2 is 1.98 bits per heavy atom. The molecule has 1 aromatic carbocycles. The summed E-state index contributed by atoms with van der Waals surface area (Å²) < 4.78 is 19.4. The molecule has 0 unspecified atom stereocenters. The third-order valence-electron chi connectivity index (χ3n) is 5.63. The predicted octanol–water partition coefficient (Wildman–Crippen LogP) is 3.20. The van der Waals surface area contributed by atoms with Crippen molar-refractivity contribution in [3.8, 4) is 0 Å². The lowest BCUT2D eigenvalue weighted by Gasteiger charge is -2.25. The lowest BCUT2D eigenvalue weighted by molar-refractivity contribution is 0.0376. The van der Waals surface area contributed by atoms with E-state index in [2.05, 4.69) is 25.7 Å². The van der Waals surface area contributed by atoms with Gasteiger partial charge in [0.05, 0.1) is 43.3 Å². The maximum atomic E-state index is 13.0. The monoisotopic (exact) mass is 554 g/mol. The fourth-order valence-corrected chi connectivity index (χ4v) is 3.88. The molecule has 3 heterocycles. The highest BCUT2D eigenvalue weighted by Crippen LogP contribution is 2.29. The van der Waals surface area contributed by atoms with Crippen LogP contribution in [0.25, 0.3) is 16.7 Å². The number of nitrogens with zero attached hydrogens (tertiary/aromatic N) is 7. The minimum absolute atomic E-state index is 0.134. The SMILES string of the molecule is CCOC(=O)c1cnn2c(N(C)C(=O)OC(C)(C)C)cc(Nc3cc(COC[C@@H](C)O)cc4c3nnn4C)nc12. The molecule has 4 rings (SSSR count). The van der Waals surface area contributed by atoms with Crippen molar-refractivity contribution in [2.24, 2.45) is 7.05 Å². The first kappa shape index (κ1) is 28.7. The third-order valence-corrected chi connectivity index (χ3v) is 5.63. The van der Waals surface area contributed by atoms with E-state index in [1.165, 1.54) is 15.6 Å². The average molecular weight is 555 g/mol. The molecule has 1 amide bonds. The van der Waals surface area contributed by atoms with Gasteiger partial charge in [0.2, 0.25) is 0 Å². The first-order valence-corrected chi connectivity index (χ1v) is 12.8. The van der Waals surface area contributed by atoms with Crippen molar-refractivity contribution in [2.45, 2.75) is 52.9 Å². The van der Waals surface area contributed by atoms with Crippen LogP contribution in [0.1, 0.15) is 50.5 Å². The molecule has 40 heavy (non-hydrogen) atoms. The smallest absolute Gasteiger partial charge is 0.415 e. The molecule has 14 heteroatoms. The van der Waals surface area contributed by atoms with Gasteiger partial charge in [-0.3, -0.25) is 4.90 Å². The van der Waals surface area contributed by atoms with E-state index in [1.807, 2.05) is 12.1 Å². The number of carbonyl (C=O) groups excluding carboxylic acids is 2. The first-order valence-electron chi connectivity index (χ1n) is 12.8. The highest BCUT2D eigenvalue weighted by atomic mass is 16.6. The van der Waals surface area contributed by atoms with Crippen molar-refractivity contribution in [3.05, 3.63) is 35.5 Å². The largest absolute Gasteiger partial charge is 0.462 e. The number of esters is 1. The van der Waals surface area contributed by atoms with E-state index < -0.39 is 23.8 Å². The van der Waals surface area contributed by atoms with Gasteiger partial charge in [0, 0.05) is 20.2 Å². The van der Waals surface area contributed by atoms with Crippen molar-refractivity contribution in [3.63, 3.8) is 0 Å². The molecule has 0 aliphatic heterocycles. The molecule has 0 aliphatic rings. The van der Waals surface area contributed by atoms with Crippen molar-refractivity contribution in [1.29, 1.82) is 0 Å². The van der Waals surface area contributed by atoms with Crippen LogP contribution in [0.15, 0.2) is 24.4 Å². The van der Waals surface area contributed by atoms with Crippen LogP contribution in [0.3, 0.4) is 0 Å². The van der Waals surface area contributed by atoms with Gasteiger partial charge in [0.25, 0.3) is 0 Å². The highest BCUT2D eigenvalue weighted by Gasteiger charge is 2.26. The Labute approximate surface area is 230 Å². The van der Waals surface area contributed by atoms with Crippen molar-refractivity contribution in [1.82, 2.24) is 29.6 Å². The number of carbonyl (C=O) groups is 2. The number of nitrogens with one attached hydrogen (secondary N) is 1. The molecule has 0 fully saturated rings. The van der Waals surface area contributed by atoms with Crippen LogP contribution in [-0.2, 0) is 27.9 Å². The number of amides is 1. The quantitative estimate of drug-likeness (QED) is 0.293. The van der Waals surface area contributed by atoms with Gasteiger partial charge in [0.15, 0.2) is 5.65 Å². The van der Waals surface area contributed by atoms with E-state index in [9.17, 15) is 14.7 Å². The fourth-order valence-electron chi connectivity index (χ4n) is 3.88. The number of anilines is 3. The number of ether oxygens (including phenoxy) is 3. The van der Waals surface area contributed by atoms with Crippen molar-refractivity contribution in [2.75, 3.05) is 30.5 Å². The Morgan fingerprint density at radius 3 is 2.65 bits per heavy atom. The molecule has 0 saturated heterocycles. The maximum Gasteiger partial charge on any atom is 0.415 e. The second kappa shape index (κ2) is 11.4. The number of aryl methyl sites for hydroxylation is 1. The van der Waals surface area contributed by atoms with Gasteiger partial charge < -0.3 is 24.6 Å². The van der Waals surface area contributed by atoms with Crippen LogP contribution in [0.5, 0.6) is 0 Å². The lowest BCUT2D eigenvalue weighted by Crippen LogP contribution is -2.35. The number of rotatable bonds is 9. The maximum absolute atomic E-state index is 13.0. The number of hydrogen-bond donors (Lipinski definition) is 2. The average Bonchev–Trinajstić information content (AvgIpc) is 3.46. The molecule has 0 radical (unpaired) electrons. The second-order valence-electron chi connectivity index (χ2n) is 10.3. The number of aromatic nitrogens is 6. The van der Waals surface area contributed by atoms with E-state index in [0.29, 0.717) is 22.8 Å². The zero-order chi connectivity index (χ0) is 29.2. The van der Waals surface area contributed by atoms with Gasteiger partial charge in [0.1, 0.15) is 28.3 Å². The Bertz CT molecular complexity index is 1540. The van der Waals surface area contributed by atoms with Gasteiger partial charge in [-0.1, -0.05) is 5.21 Å². The fraction of sp³-hybridized carbons (Fsp3) is 0.462. The topological polar surface area (TPSA) is 158 Å². The molecule has 4 aromatic rings. The van der Waals surface area contributed by atoms with E-state index >= 15 is 0 Å². The first-order chi connectivity index (χ1) is 18.9. The Hall–Kier alpha value is -4.30. The van der Waals surface area contributed by atoms with Crippen LogP contribution < -0.4 is 10.2 Å². The zero-order valence-electron chi connectivity index (χ0n) is 23.6. The highest BCUT2D eigenvalue weighted by molar-refractivity contribution is 5.97. The minimum atomic E-state index is -0.729. The van der Waals surface area contributed by atoms with Gasteiger partial charge in [-0.05, 0) is 52.3 Å². The number of hydrogen-bond acceptors (Lipinski definition) is 11. The molecule has 2 N–H and O–H groups in total. The van der Waals surface area contributed by atoms with E-state index in [-0.39, 0.29) is 31.0 Å². The minimum Gasteiger partial charge on any atom is -0.462 e. The van der Waals surface area contributed by atoms with E-state index in [1.54, 1.807) is 59.5 Å². The van der Waals surface area contributed by atoms with Crippen molar-refractivity contribution < 1.29 is 28.9 Å². The Balaban J connectivity index is 1.81. The van der Waals surface area contributed by atoms with Crippen LogP contribution in [-0.4, -0.2) is 78.7 Å². The summed E-state index contributed by atoms with van der Waals surface area (Å²) in [6.07, 6.45) is 0.130. The van der Waals surface area contributed by atoms with Crippen LogP contribution >= 0.6 is 0 Å². The number of fused-ring (bicyclic) bond motifs is 2. The van der Waals surface area contributed by atoms with Gasteiger partial charge in [-0.2, -0.15) is 9.61 Å². The van der Waals surface area contributed by atoms with Gasteiger partial charge >= 0.3 is 12.1 Å². The summed E-state index contributed by atoms with van der Waals surface area (Å²) >= 11 is 0. The van der Waals surface area contributed by atoms with E-state index in [4.69, 9.17) is 14.2 Å². The molecule has 214 valence electrons. The molecular weight excluding hydrogens is 520 g/mol. The molecule has 14 nitrogen and oxygen atoms in total. The number of aliphatic hydroxyl groups excluding tert-OH is 1. The zero-order valence-corrected chi connectivity index (χ0v) is 23.6.